The molecule has 4 heteroatoms. The molecule has 1 aliphatic rings. The second-order valence-corrected chi connectivity index (χ2v) is 6.08. The predicted molar refractivity (Wildman–Crippen MR) is 85.0 cm³/mol. The Bertz CT molecular complexity index is 664. The van der Waals surface area contributed by atoms with Gasteiger partial charge in [0.05, 0.1) is 6.61 Å². The van der Waals surface area contributed by atoms with Gasteiger partial charge in [-0.2, -0.15) is 0 Å². The Morgan fingerprint density at radius 1 is 1.24 bits per heavy atom. The van der Waals surface area contributed by atoms with Gasteiger partial charge in [0.15, 0.2) is 0 Å². The van der Waals surface area contributed by atoms with E-state index in [0.29, 0.717) is 6.42 Å². The maximum atomic E-state index is 6.38. The van der Waals surface area contributed by atoms with Crippen LogP contribution in [0.5, 0.6) is 5.75 Å². The first-order valence-electron chi connectivity index (χ1n) is 7.18. The minimum Gasteiger partial charge on any atom is -0.493 e. The largest absolute Gasteiger partial charge is 0.493 e. The van der Waals surface area contributed by atoms with Gasteiger partial charge in [0.2, 0.25) is 0 Å². The summed E-state index contributed by atoms with van der Waals surface area (Å²) in [6.45, 7) is 4.71. The molecule has 2 N–H and O–H groups in total. The van der Waals surface area contributed by atoms with Crippen molar-refractivity contribution in [1.82, 2.24) is 4.98 Å². The molecular formula is C17H19ClN2O. The van der Waals surface area contributed by atoms with E-state index in [2.05, 4.69) is 4.98 Å². The van der Waals surface area contributed by atoms with Crippen molar-refractivity contribution in [2.75, 3.05) is 6.61 Å². The molecule has 0 radical (unpaired) electrons. The van der Waals surface area contributed by atoms with Crippen LogP contribution in [0.15, 0.2) is 24.3 Å². The first-order valence-corrected chi connectivity index (χ1v) is 7.55. The van der Waals surface area contributed by atoms with E-state index in [0.717, 1.165) is 46.3 Å². The zero-order valence-corrected chi connectivity index (χ0v) is 13.1. The number of benzene rings is 1. The highest BCUT2D eigenvalue weighted by Gasteiger charge is 2.20. The van der Waals surface area contributed by atoms with Crippen molar-refractivity contribution < 1.29 is 4.74 Å². The van der Waals surface area contributed by atoms with Gasteiger partial charge >= 0.3 is 0 Å². The number of nitrogens with two attached hydrogens (primary N) is 1. The molecule has 0 amide bonds. The zero-order chi connectivity index (χ0) is 15.0. The summed E-state index contributed by atoms with van der Waals surface area (Å²) in [6, 6.07) is 7.95. The van der Waals surface area contributed by atoms with E-state index >= 15 is 0 Å². The molecule has 0 saturated carbocycles. The molecule has 1 aromatic carbocycles. The van der Waals surface area contributed by atoms with E-state index in [-0.39, 0.29) is 6.04 Å². The summed E-state index contributed by atoms with van der Waals surface area (Å²) in [5, 5.41) is 0.753. The Kier molecular flexibility index (Phi) is 3.87. The van der Waals surface area contributed by atoms with Crippen LogP contribution >= 0.6 is 11.6 Å². The van der Waals surface area contributed by atoms with Gasteiger partial charge in [-0.1, -0.05) is 11.6 Å². The fourth-order valence-electron chi connectivity index (χ4n) is 2.93. The summed E-state index contributed by atoms with van der Waals surface area (Å²) in [6.07, 6.45) is 1.64. The molecule has 0 aliphatic carbocycles. The van der Waals surface area contributed by atoms with Crippen molar-refractivity contribution in [2.45, 2.75) is 32.7 Å². The van der Waals surface area contributed by atoms with Gasteiger partial charge in [-0.05, 0) is 61.2 Å². The summed E-state index contributed by atoms with van der Waals surface area (Å²) >= 11 is 6.20. The van der Waals surface area contributed by atoms with Gasteiger partial charge in [0, 0.05) is 28.9 Å². The van der Waals surface area contributed by atoms with Crippen LogP contribution in [0.2, 0.25) is 5.02 Å². The van der Waals surface area contributed by atoms with E-state index in [1.54, 1.807) is 0 Å². The smallest absolute Gasteiger partial charge is 0.125 e. The summed E-state index contributed by atoms with van der Waals surface area (Å²) < 4.78 is 5.74. The standard InChI is InChI=1S/C17H19ClN2O/c1-10-5-13(6-11(2)20-10)16(19)9-14-8-15(18)7-12-3-4-21-17(12)14/h5-8,16H,3-4,9,19H2,1-2H3. The number of aryl methyl sites for hydroxylation is 2. The predicted octanol–water partition coefficient (Wildman–Crippen LogP) is 3.53. The molecule has 1 atom stereocenters. The highest BCUT2D eigenvalue weighted by molar-refractivity contribution is 6.30. The lowest BCUT2D eigenvalue weighted by molar-refractivity contribution is 0.352. The van der Waals surface area contributed by atoms with Gasteiger partial charge in [-0.25, -0.2) is 0 Å². The number of pyridine rings is 1. The Balaban J connectivity index is 1.90. The van der Waals surface area contributed by atoms with E-state index in [1.165, 1.54) is 5.56 Å². The number of aromatic nitrogens is 1. The van der Waals surface area contributed by atoms with Crippen LogP contribution in [-0.2, 0) is 12.8 Å². The first-order chi connectivity index (χ1) is 10.0. The minimum absolute atomic E-state index is 0.0860. The number of halogens is 1. The fraction of sp³-hybridized carbons (Fsp3) is 0.353. The molecule has 3 rings (SSSR count). The van der Waals surface area contributed by atoms with Crippen LogP contribution in [0.4, 0.5) is 0 Å². The van der Waals surface area contributed by atoms with Crippen LogP contribution in [0.25, 0.3) is 0 Å². The SMILES string of the molecule is Cc1cc(C(N)Cc2cc(Cl)cc3c2OCC3)cc(C)n1. The minimum atomic E-state index is -0.0860. The average Bonchev–Trinajstić information content (AvgIpc) is 2.85. The van der Waals surface area contributed by atoms with Gasteiger partial charge in [0.25, 0.3) is 0 Å². The summed E-state index contributed by atoms with van der Waals surface area (Å²) in [7, 11) is 0. The van der Waals surface area contributed by atoms with Crippen molar-refractivity contribution in [1.29, 1.82) is 0 Å². The van der Waals surface area contributed by atoms with Crippen LogP contribution in [0.3, 0.4) is 0 Å². The lowest BCUT2D eigenvalue weighted by Gasteiger charge is -2.16. The van der Waals surface area contributed by atoms with Gasteiger partial charge in [-0.3, -0.25) is 4.98 Å². The topological polar surface area (TPSA) is 48.1 Å². The van der Waals surface area contributed by atoms with E-state index in [1.807, 2.05) is 38.1 Å². The molecule has 0 fully saturated rings. The second kappa shape index (κ2) is 5.66. The number of hydrogen-bond acceptors (Lipinski definition) is 3. The summed E-state index contributed by atoms with van der Waals surface area (Å²) in [5.41, 5.74) is 11.8. The maximum Gasteiger partial charge on any atom is 0.125 e. The maximum absolute atomic E-state index is 6.38. The normalized spacial score (nSPS) is 14.7. The molecule has 0 spiro atoms. The van der Waals surface area contributed by atoms with Gasteiger partial charge < -0.3 is 10.5 Å². The monoisotopic (exact) mass is 302 g/mol. The third kappa shape index (κ3) is 3.04. The fourth-order valence-corrected chi connectivity index (χ4v) is 3.20. The number of hydrogen-bond donors (Lipinski definition) is 1. The Morgan fingerprint density at radius 3 is 2.67 bits per heavy atom. The first kappa shape index (κ1) is 14.4. The van der Waals surface area contributed by atoms with Crippen LogP contribution in [0, 0.1) is 13.8 Å². The number of ether oxygens (including phenoxy) is 1. The molecule has 2 aromatic rings. The molecule has 1 aliphatic heterocycles. The van der Waals surface area contributed by atoms with Crippen LogP contribution < -0.4 is 10.5 Å². The molecule has 2 heterocycles. The molecular weight excluding hydrogens is 284 g/mol. The number of fused-ring (bicyclic) bond motifs is 1. The van der Waals surface area contributed by atoms with Crippen molar-refractivity contribution >= 4 is 11.6 Å². The van der Waals surface area contributed by atoms with Gasteiger partial charge in [0.1, 0.15) is 5.75 Å². The molecule has 1 aromatic heterocycles. The average molecular weight is 303 g/mol. The molecule has 110 valence electrons. The molecule has 3 nitrogen and oxygen atoms in total. The summed E-state index contributed by atoms with van der Waals surface area (Å²) in [5.74, 6) is 0.970. The molecule has 1 unspecified atom stereocenters. The van der Waals surface area contributed by atoms with Crippen molar-refractivity contribution in [3.8, 4) is 5.75 Å². The lowest BCUT2D eigenvalue weighted by Crippen LogP contribution is -2.14. The third-order valence-corrected chi connectivity index (χ3v) is 4.02. The molecule has 0 saturated heterocycles. The quantitative estimate of drug-likeness (QED) is 0.943. The van der Waals surface area contributed by atoms with Crippen molar-refractivity contribution in [3.05, 3.63) is 57.4 Å². The van der Waals surface area contributed by atoms with Crippen molar-refractivity contribution in [2.24, 2.45) is 5.73 Å². The van der Waals surface area contributed by atoms with Crippen LogP contribution in [-0.4, -0.2) is 11.6 Å². The third-order valence-electron chi connectivity index (χ3n) is 3.80. The van der Waals surface area contributed by atoms with E-state index in [9.17, 15) is 0 Å². The van der Waals surface area contributed by atoms with Gasteiger partial charge in [-0.15, -0.1) is 0 Å². The van der Waals surface area contributed by atoms with Crippen molar-refractivity contribution in [3.63, 3.8) is 0 Å². The number of nitrogens with zero attached hydrogens (tertiary/aromatic N) is 1. The summed E-state index contributed by atoms with van der Waals surface area (Å²) in [4.78, 5) is 4.39. The highest BCUT2D eigenvalue weighted by atomic mass is 35.5. The highest BCUT2D eigenvalue weighted by Crippen LogP contribution is 2.35. The molecule has 21 heavy (non-hydrogen) atoms. The molecule has 0 bridgehead atoms. The van der Waals surface area contributed by atoms with E-state index in [4.69, 9.17) is 22.1 Å². The van der Waals surface area contributed by atoms with E-state index < -0.39 is 0 Å². The second-order valence-electron chi connectivity index (χ2n) is 5.65. The lowest BCUT2D eigenvalue weighted by atomic mass is 9.97. The Labute approximate surface area is 130 Å². The number of rotatable bonds is 3. The Hall–Kier alpha value is -1.58. The zero-order valence-electron chi connectivity index (χ0n) is 12.3. The Morgan fingerprint density at radius 2 is 1.95 bits per heavy atom. The van der Waals surface area contributed by atoms with Crippen LogP contribution in [0.1, 0.15) is 34.1 Å².